The molecule has 0 unspecified atom stereocenters. The Hall–Kier alpha value is -0.690. The van der Waals surface area contributed by atoms with Crippen LogP contribution in [0.3, 0.4) is 0 Å². The summed E-state index contributed by atoms with van der Waals surface area (Å²) in [5, 5.41) is 2.91. The summed E-state index contributed by atoms with van der Waals surface area (Å²) < 4.78 is 7.01. The van der Waals surface area contributed by atoms with E-state index >= 15 is 0 Å². The largest absolute Gasteiger partial charge is 0.380 e. The summed E-state index contributed by atoms with van der Waals surface area (Å²) in [6.45, 7) is 0.436. The van der Waals surface area contributed by atoms with Crippen molar-refractivity contribution in [2.45, 2.75) is 6.61 Å². The van der Waals surface area contributed by atoms with Crippen LogP contribution in [0.1, 0.15) is 15.2 Å². The van der Waals surface area contributed by atoms with Crippen LogP contribution in [-0.4, -0.2) is 13.0 Å². The second kappa shape index (κ2) is 6.65. The minimum absolute atomic E-state index is 0.119. The van der Waals surface area contributed by atoms with Gasteiger partial charge in [0.1, 0.15) is 0 Å². The lowest BCUT2D eigenvalue weighted by Gasteiger charge is -2.11. The monoisotopic (exact) mass is 403 g/mol. The fourth-order valence-electron chi connectivity index (χ4n) is 1.59. The van der Waals surface area contributed by atoms with Gasteiger partial charge in [-0.15, -0.1) is 11.3 Å². The number of halogens is 2. The second-order valence-electron chi connectivity index (χ2n) is 3.76. The number of anilines is 1. The highest BCUT2D eigenvalue weighted by Crippen LogP contribution is 2.27. The molecular weight excluding hydrogens is 394 g/mol. The van der Waals surface area contributed by atoms with Crippen molar-refractivity contribution in [1.29, 1.82) is 0 Å². The van der Waals surface area contributed by atoms with E-state index in [9.17, 15) is 4.79 Å². The van der Waals surface area contributed by atoms with Gasteiger partial charge in [-0.05, 0) is 40.2 Å². The molecule has 0 saturated heterocycles. The SMILES string of the molecule is COCc1c(Br)cccc1NC(=O)c1ccc(Br)s1. The maximum Gasteiger partial charge on any atom is 0.265 e. The lowest BCUT2D eigenvalue weighted by molar-refractivity contribution is 0.103. The second-order valence-corrected chi connectivity index (χ2v) is 7.07. The number of carbonyl (C=O) groups excluding carboxylic acids is 1. The number of thiophene rings is 1. The highest BCUT2D eigenvalue weighted by Gasteiger charge is 2.12. The van der Waals surface area contributed by atoms with E-state index in [4.69, 9.17) is 4.74 Å². The highest BCUT2D eigenvalue weighted by atomic mass is 79.9. The van der Waals surface area contributed by atoms with E-state index in [-0.39, 0.29) is 5.91 Å². The van der Waals surface area contributed by atoms with Gasteiger partial charge in [-0.2, -0.15) is 0 Å². The van der Waals surface area contributed by atoms with Gasteiger partial charge in [0.15, 0.2) is 0 Å². The van der Waals surface area contributed by atoms with E-state index in [1.165, 1.54) is 11.3 Å². The van der Waals surface area contributed by atoms with Gasteiger partial charge in [-0.1, -0.05) is 22.0 Å². The molecule has 1 aromatic heterocycles. The molecule has 0 bridgehead atoms. The molecule has 1 aromatic carbocycles. The number of nitrogens with one attached hydrogen (secondary N) is 1. The van der Waals surface area contributed by atoms with Crippen LogP contribution in [0.25, 0.3) is 0 Å². The summed E-state index contributed by atoms with van der Waals surface area (Å²) in [5.74, 6) is -0.119. The van der Waals surface area contributed by atoms with E-state index in [2.05, 4.69) is 37.2 Å². The average Bonchev–Trinajstić information content (AvgIpc) is 2.80. The summed E-state index contributed by atoms with van der Waals surface area (Å²) in [7, 11) is 1.63. The van der Waals surface area contributed by atoms with Crippen LogP contribution in [0, 0.1) is 0 Å². The molecule has 3 nitrogen and oxygen atoms in total. The van der Waals surface area contributed by atoms with Gasteiger partial charge in [0.2, 0.25) is 0 Å². The highest BCUT2D eigenvalue weighted by molar-refractivity contribution is 9.11. The molecule has 6 heteroatoms. The number of amides is 1. The molecule has 0 aliphatic rings. The van der Waals surface area contributed by atoms with Crippen LogP contribution in [0.4, 0.5) is 5.69 Å². The minimum Gasteiger partial charge on any atom is -0.380 e. The maximum atomic E-state index is 12.1. The third-order valence-corrected chi connectivity index (χ3v) is 4.82. The molecule has 2 aromatic rings. The van der Waals surface area contributed by atoms with Crippen molar-refractivity contribution in [2.24, 2.45) is 0 Å². The summed E-state index contributed by atoms with van der Waals surface area (Å²) >= 11 is 8.21. The van der Waals surface area contributed by atoms with E-state index in [1.807, 2.05) is 24.3 Å². The quantitative estimate of drug-likeness (QED) is 0.803. The normalized spacial score (nSPS) is 10.5. The third-order valence-electron chi connectivity index (χ3n) is 2.45. The van der Waals surface area contributed by atoms with Gasteiger partial charge in [-0.25, -0.2) is 0 Å². The Morgan fingerprint density at radius 1 is 1.32 bits per heavy atom. The molecule has 1 amide bonds. The molecule has 100 valence electrons. The van der Waals surface area contributed by atoms with Crippen molar-refractivity contribution in [3.8, 4) is 0 Å². The van der Waals surface area contributed by atoms with Crippen molar-refractivity contribution in [3.05, 3.63) is 49.0 Å². The van der Waals surface area contributed by atoms with Gasteiger partial charge in [0, 0.05) is 22.8 Å². The number of hydrogen-bond donors (Lipinski definition) is 1. The fourth-order valence-corrected chi connectivity index (χ4v) is 3.35. The minimum atomic E-state index is -0.119. The van der Waals surface area contributed by atoms with Crippen LogP contribution < -0.4 is 5.32 Å². The topological polar surface area (TPSA) is 38.3 Å². The van der Waals surface area contributed by atoms with Crippen molar-refractivity contribution < 1.29 is 9.53 Å². The van der Waals surface area contributed by atoms with Gasteiger partial charge in [0.25, 0.3) is 5.91 Å². The first-order chi connectivity index (χ1) is 9.11. The smallest absolute Gasteiger partial charge is 0.265 e. The Balaban J connectivity index is 2.23. The molecule has 1 heterocycles. The first kappa shape index (κ1) is 14.7. The standard InChI is InChI=1S/C13H11Br2NO2S/c1-18-7-8-9(14)3-2-4-10(8)16-13(17)11-5-6-12(15)19-11/h2-6H,7H2,1H3,(H,16,17). The predicted octanol–water partition coefficient (Wildman–Crippen LogP) is 4.67. The number of rotatable bonds is 4. The maximum absolute atomic E-state index is 12.1. The van der Waals surface area contributed by atoms with Crippen LogP contribution in [0.5, 0.6) is 0 Å². The average molecular weight is 405 g/mol. The molecule has 0 aliphatic carbocycles. The molecule has 0 saturated carbocycles. The van der Waals surface area contributed by atoms with Crippen LogP contribution in [0.2, 0.25) is 0 Å². The van der Waals surface area contributed by atoms with Gasteiger partial charge in [-0.3, -0.25) is 4.79 Å². The Labute approximate surface area is 132 Å². The third kappa shape index (κ3) is 3.66. The van der Waals surface area contributed by atoms with E-state index in [1.54, 1.807) is 13.2 Å². The number of benzene rings is 1. The first-order valence-corrected chi connectivity index (χ1v) is 7.85. The molecule has 2 rings (SSSR count). The first-order valence-electron chi connectivity index (χ1n) is 5.45. The number of carbonyl (C=O) groups is 1. The summed E-state index contributed by atoms with van der Waals surface area (Å²) in [6.07, 6.45) is 0. The van der Waals surface area contributed by atoms with Crippen molar-refractivity contribution in [1.82, 2.24) is 0 Å². The summed E-state index contributed by atoms with van der Waals surface area (Å²) in [4.78, 5) is 12.8. The lowest BCUT2D eigenvalue weighted by atomic mass is 10.2. The Bertz CT molecular complexity index is 598. The molecular formula is C13H11Br2NO2S. The van der Waals surface area contributed by atoms with E-state index < -0.39 is 0 Å². The molecule has 0 spiro atoms. The number of hydrogen-bond acceptors (Lipinski definition) is 3. The Morgan fingerprint density at radius 2 is 2.11 bits per heavy atom. The number of methoxy groups -OCH3 is 1. The Kier molecular flexibility index (Phi) is 5.15. The van der Waals surface area contributed by atoms with Crippen LogP contribution in [-0.2, 0) is 11.3 Å². The predicted molar refractivity (Wildman–Crippen MR) is 84.8 cm³/mol. The zero-order chi connectivity index (χ0) is 13.8. The van der Waals surface area contributed by atoms with E-state index in [0.717, 1.165) is 19.5 Å². The van der Waals surface area contributed by atoms with Crippen molar-refractivity contribution in [2.75, 3.05) is 12.4 Å². The van der Waals surface area contributed by atoms with Crippen molar-refractivity contribution >= 4 is 54.8 Å². The van der Waals surface area contributed by atoms with Crippen LogP contribution >= 0.6 is 43.2 Å². The molecule has 1 N–H and O–H groups in total. The van der Waals surface area contributed by atoms with Gasteiger partial charge >= 0.3 is 0 Å². The van der Waals surface area contributed by atoms with Crippen LogP contribution in [0.15, 0.2) is 38.6 Å². The zero-order valence-corrected chi connectivity index (χ0v) is 14.1. The molecule has 0 radical (unpaired) electrons. The zero-order valence-electron chi connectivity index (χ0n) is 10.1. The van der Waals surface area contributed by atoms with Crippen molar-refractivity contribution in [3.63, 3.8) is 0 Å². The molecule has 0 fully saturated rings. The molecule has 0 atom stereocenters. The molecule has 19 heavy (non-hydrogen) atoms. The fraction of sp³-hybridized carbons (Fsp3) is 0.154. The van der Waals surface area contributed by atoms with Gasteiger partial charge < -0.3 is 10.1 Å². The molecule has 0 aliphatic heterocycles. The number of ether oxygens (including phenoxy) is 1. The van der Waals surface area contributed by atoms with E-state index in [0.29, 0.717) is 11.5 Å². The lowest BCUT2D eigenvalue weighted by Crippen LogP contribution is -2.12. The van der Waals surface area contributed by atoms with Gasteiger partial charge in [0.05, 0.1) is 15.3 Å². The summed E-state index contributed by atoms with van der Waals surface area (Å²) in [6, 6.07) is 9.31. The summed E-state index contributed by atoms with van der Waals surface area (Å²) in [5.41, 5.74) is 1.68. The Morgan fingerprint density at radius 3 is 2.74 bits per heavy atom.